The average Bonchev–Trinajstić information content (AvgIpc) is 2.33. The van der Waals surface area contributed by atoms with Gasteiger partial charge in [0, 0.05) is 0 Å². The highest BCUT2D eigenvalue weighted by molar-refractivity contribution is 5.35. The number of phenols is 1. The molecular formula is C15H22O. The molecule has 1 fully saturated rings. The first-order chi connectivity index (χ1) is 7.79. The van der Waals surface area contributed by atoms with Crippen molar-refractivity contribution < 1.29 is 5.11 Å². The number of aryl methyl sites for hydroxylation is 1. The molecule has 1 aliphatic rings. The summed E-state index contributed by atoms with van der Waals surface area (Å²) in [6.07, 6.45) is 9.26. The molecule has 0 atom stereocenters. The van der Waals surface area contributed by atoms with Crippen molar-refractivity contribution in [3.63, 3.8) is 0 Å². The number of aromatic hydroxyl groups is 1. The highest BCUT2D eigenvalue weighted by Crippen LogP contribution is 2.29. The lowest BCUT2D eigenvalue weighted by Crippen LogP contribution is -2.10. The molecule has 1 aliphatic carbocycles. The SMILES string of the molecule is CCc1cc(O)ccc1CC1CCCCC1. The smallest absolute Gasteiger partial charge is 0.115 e. The van der Waals surface area contributed by atoms with Crippen LogP contribution in [-0.4, -0.2) is 5.11 Å². The van der Waals surface area contributed by atoms with Crippen LogP contribution < -0.4 is 0 Å². The van der Waals surface area contributed by atoms with Gasteiger partial charge in [0.1, 0.15) is 5.75 Å². The van der Waals surface area contributed by atoms with Gasteiger partial charge in [-0.15, -0.1) is 0 Å². The molecule has 0 bridgehead atoms. The fourth-order valence-electron chi connectivity index (χ4n) is 2.84. The number of hydrogen-bond acceptors (Lipinski definition) is 1. The molecule has 0 aliphatic heterocycles. The van der Waals surface area contributed by atoms with Gasteiger partial charge in [0.05, 0.1) is 0 Å². The Morgan fingerprint density at radius 3 is 2.56 bits per heavy atom. The van der Waals surface area contributed by atoms with Gasteiger partial charge in [0.25, 0.3) is 0 Å². The number of hydrogen-bond donors (Lipinski definition) is 1. The third kappa shape index (κ3) is 2.78. The van der Waals surface area contributed by atoms with Crippen LogP contribution in [0.5, 0.6) is 5.75 Å². The first kappa shape index (κ1) is 11.5. The topological polar surface area (TPSA) is 20.2 Å². The van der Waals surface area contributed by atoms with Crippen LogP contribution in [0.2, 0.25) is 0 Å². The first-order valence-electron chi connectivity index (χ1n) is 6.60. The summed E-state index contributed by atoms with van der Waals surface area (Å²) in [5, 5.41) is 9.47. The van der Waals surface area contributed by atoms with Gasteiger partial charge in [0.2, 0.25) is 0 Å². The van der Waals surface area contributed by atoms with Gasteiger partial charge < -0.3 is 5.11 Å². The van der Waals surface area contributed by atoms with Gasteiger partial charge >= 0.3 is 0 Å². The van der Waals surface area contributed by atoms with Crippen LogP contribution in [0, 0.1) is 5.92 Å². The van der Waals surface area contributed by atoms with E-state index in [4.69, 9.17) is 0 Å². The second kappa shape index (κ2) is 5.38. The Labute approximate surface area is 98.5 Å². The van der Waals surface area contributed by atoms with Crippen molar-refractivity contribution in [1.82, 2.24) is 0 Å². The van der Waals surface area contributed by atoms with Crippen LogP contribution in [0.15, 0.2) is 18.2 Å². The highest BCUT2D eigenvalue weighted by atomic mass is 16.3. The van der Waals surface area contributed by atoms with E-state index in [0.717, 1.165) is 12.3 Å². The second-order valence-corrected chi connectivity index (χ2v) is 5.01. The normalized spacial score (nSPS) is 17.6. The van der Waals surface area contributed by atoms with E-state index in [2.05, 4.69) is 13.0 Å². The zero-order valence-corrected chi connectivity index (χ0v) is 10.2. The van der Waals surface area contributed by atoms with Crippen molar-refractivity contribution >= 4 is 0 Å². The molecule has 1 N–H and O–H groups in total. The van der Waals surface area contributed by atoms with Gasteiger partial charge in [-0.3, -0.25) is 0 Å². The maximum absolute atomic E-state index is 9.47. The van der Waals surface area contributed by atoms with Crippen LogP contribution in [0.4, 0.5) is 0 Å². The van der Waals surface area contributed by atoms with Crippen molar-refractivity contribution in [2.24, 2.45) is 5.92 Å². The van der Waals surface area contributed by atoms with Crippen LogP contribution in [0.25, 0.3) is 0 Å². The molecule has 1 nitrogen and oxygen atoms in total. The fraction of sp³-hybridized carbons (Fsp3) is 0.600. The Balaban J connectivity index is 2.07. The Morgan fingerprint density at radius 1 is 1.12 bits per heavy atom. The predicted molar refractivity (Wildman–Crippen MR) is 67.8 cm³/mol. The average molecular weight is 218 g/mol. The number of benzene rings is 1. The Hall–Kier alpha value is -0.980. The Morgan fingerprint density at radius 2 is 1.88 bits per heavy atom. The highest BCUT2D eigenvalue weighted by Gasteiger charge is 2.15. The van der Waals surface area contributed by atoms with Crippen molar-refractivity contribution in [2.75, 3.05) is 0 Å². The zero-order valence-electron chi connectivity index (χ0n) is 10.2. The third-order valence-corrected chi connectivity index (χ3v) is 3.80. The number of rotatable bonds is 3. The van der Waals surface area contributed by atoms with E-state index >= 15 is 0 Å². The lowest BCUT2D eigenvalue weighted by molar-refractivity contribution is 0.356. The molecule has 88 valence electrons. The van der Waals surface area contributed by atoms with Crippen LogP contribution in [-0.2, 0) is 12.8 Å². The van der Waals surface area contributed by atoms with Crippen molar-refractivity contribution in [3.8, 4) is 5.75 Å². The summed E-state index contributed by atoms with van der Waals surface area (Å²) in [6, 6.07) is 5.87. The van der Waals surface area contributed by atoms with E-state index in [0.29, 0.717) is 5.75 Å². The molecular weight excluding hydrogens is 196 g/mol. The standard InChI is InChI=1S/C15H22O/c1-2-13-11-15(16)9-8-14(13)10-12-6-4-3-5-7-12/h8-9,11-12,16H,2-7,10H2,1H3. The number of phenolic OH excluding ortho intramolecular Hbond substituents is 1. The van der Waals surface area contributed by atoms with Crippen LogP contribution in [0.3, 0.4) is 0 Å². The Kier molecular flexibility index (Phi) is 3.87. The summed E-state index contributed by atoms with van der Waals surface area (Å²) in [5.41, 5.74) is 2.78. The molecule has 2 rings (SSSR count). The van der Waals surface area contributed by atoms with E-state index in [-0.39, 0.29) is 0 Å². The van der Waals surface area contributed by atoms with Gasteiger partial charge in [-0.25, -0.2) is 0 Å². The van der Waals surface area contributed by atoms with Crippen LogP contribution >= 0.6 is 0 Å². The van der Waals surface area contributed by atoms with E-state index in [9.17, 15) is 5.11 Å². The quantitative estimate of drug-likeness (QED) is 0.810. The predicted octanol–water partition coefficient (Wildman–Crippen LogP) is 4.08. The van der Waals surface area contributed by atoms with E-state index in [1.54, 1.807) is 0 Å². The molecule has 1 saturated carbocycles. The van der Waals surface area contributed by atoms with Crippen molar-refractivity contribution in [2.45, 2.75) is 51.9 Å². The van der Waals surface area contributed by atoms with Crippen molar-refractivity contribution in [1.29, 1.82) is 0 Å². The lowest BCUT2D eigenvalue weighted by Gasteiger charge is -2.22. The minimum Gasteiger partial charge on any atom is -0.508 e. The van der Waals surface area contributed by atoms with E-state index in [1.165, 1.54) is 49.7 Å². The molecule has 16 heavy (non-hydrogen) atoms. The van der Waals surface area contributed by atoms with Crippen molar-refractivity contribution in [3.05, 3.63) is 29.3 Å². The molecule has 0 unspecified atom stereocenters. The van der Waals surface area contributed by atoms with Crippen LogP contribution in [0.1, 0.15) is 50.2 Å². The maximum Gasteiger partial charge on any atom is 0.115 e. The van der Waals surface area contributed by atoms with E-state index in [1.807, 2.05) is 12.1 Å². The molecule has 1 aromatic carbocycles. The summed E-state index contributed by atoms with van der Waals surface area (Å²) in [6.45, 7) is 2.17. The largest absolute Gasteiger partial charge is 0.508 e. The molecule has 0 heterocycles. The van der Waals surface area contributed by atoms with E-state index < -0.39 is 0 Å². The lowest BCUT2D eigenvalue weighted by atomic mass is 9.83. The Bertz CT molecular complexity index is 337. The first-order valence-corrected chi connectivity index (χ1v) is 6.60. The minimum atomic E-state index is 0.407. The molecule has 1 heteroatoms. The van der Waals surface area contributed by atoms with Gasteiger partial charge in [-0.05, 0) is 42.0 Å². The monoisotopic (exact) mass is 218 g/mol. The second-order valence-electron chi connectivity index (χ2n) is 5.01. The summed E-state index contributed by atoms with van der Waals surface area (Å²) in [5.74, 6) is 1.29. The molecule has 1 aromatic rings. The summed E-state index contributed by atoms with van der Waals surface area (Å²) < 4.78 is 0. The molecule has 0 radical (unpaired) electrons. The van der Waals surface area contributed by atoms with Gasteiger partial charge in [0.15, 0.2) is 0 Å². The molecule has 0 saturated heterocycles. The molecule has 0 amide bonds. The molecule has 0 aromatic heterocycles. The molecule has 0 spiro atoms. The summed E-state index contributed by atoms with van der Waals surface area (Å²) >= 11 is 0. The third-order valence-electron chi connectivity index (χ3n) is 3.80. The zero-order chi connectivity index (χ0) is 11.4. The summed E-state index contributed by atoms with van der Waals surface area (Å²) in [4.78, 5) is 0. The minimum absolute atomic E-state index is 0.407. The summed E-state index contributed by atoms with van der Waals surface area (Å²) in [7, 11) is 0. The fourth-order valence-corrected chi connectivity index (χ4v) is 2.84. The maximum atomic E-state index is 9.47. The van der Waals surface area contributed by atoms with Gasteiger partial charge in [-0.1, -0.05) is 45.1 Å². The van der Waals surface area contributed by atoms with Gasteiger partial charge in [-0.2, -0.15) is 0 Å².